The molecule has 0 spiro atoms. The average Bonchev–Trinajstić information content (AvgIpc) is 4.10. The van der Waals surface area contributed by atoms with Gasteiger partial charge in [0.1, 0.15) is 67.0 Å². The second kappa shape index (κ2) is 12.5. The monoisotopic (exact) mass is 932 g/mol. The Labute approximate surface area is 344 Å². The largest absolute Gasteiger partial charge is 0.456 e. The van der Waals surface area contributed by atoms with Gasteiger partial charge in [-0.25, -0.2) is 0 Å². The molecule has 9 heteroatoms. The van der Waals surface area contributed by atoms with E-state index in [0.29, 0.717) is 0 Å². The SMILES string of the molecule is BrBr.Brc1cc2oc3ccc4c5ccccc5oc4c3c2c2c1oc1ccccc12.c1ccc2c(c1)oc1c2ccc2oc3ccc4oc5ccccc5c4c3c21. The highest BCUT2D eigenvalue weighted by Crippen LogP contribution is 2.47. The molecule has 0 fully saturated rings. The van der Waals surface area contributed by atoms with Crippen LogP contribution < -0.4 is 0 Å². The van der Waals surface area contributed by atoms with Crippen LogP contribution in [0.4, 0.5) is 0 Å². The number of hydrogen-bond acceptors (Lipinski definition) is 6. The van der Waals surface area contributed by atoms with Crippen LogP contribution in [0.5, 0.6) is 0 Å². The van der Waals surface area contributed by atoms with Gasteiger partial charge < -0.3 is 26.5 Å². The van der Waals surface area contributed by atoms with Crippen molar-refractivity contribution in [1.82, 2.24) is 0 Å². The minimum atomic E-state index is 0.811. The quantitative estimate of drug-likeness (QED) is 0.151. The summed E-state index contributed by atoms with van der Waals surface area (Å²) in [5, 5.41) is 12.8. The lowest BCUT2D eigenvalue weighted by atomic mass is 10.0. The van der Waals surface area contributed by atoms with E-state index in [1.807, 2.05) is 103 Å². The van der Waals surface area contributed by atoms with Crippen LogP contribution in [0.3, 0.4) is 0 Å². The Kier molecular flexibility index (Phi) is 7.27. The second-order valence-corrected chi connectivity index (χ2v) is 14.8. The molecule has 0 unspecified atom stereocenters. The lowest BCUT2D eigenvalue weighted by Gasteiger charge is -1.97. The van der Waals surface area contributed by atoms with Gasteiger partial charge in [0.05, 0.1) is 15.2 Å². The Balaban J connectivity index is 0.000000120. The standard InChI is InChI=1S/C24H11BrO3.C24H12O3.Br2/c25-15-11-19-21(20-14-6-2-4-8-17(14)28-24(15)20)22-18(26-19)10-9-13-12-5-1-3-7-16(12)27-23(13)22;1-3-7-16-13(5-1)14-9-10-20-23(24(14)27-16)22-19(26-20)12-11-18-21(22)15-6-2-4-8-17(15)25-18;1-2/h1-11H;1-12H;. The summed E-state index contributed by atoms with van der Waals surface area (Å²) in [5.74, 6) is 0. The van der Waals surface area contributed by atoms with E-state index < -0.39 is 0 Å². The third kappa shape index (κ3) is 4.67. The van der Waals surface area contributed by atoms with E-state index in [0.717, 1.165) is 136 Å². The molecular weight excluding hydrogens is 912 g/mol. The molecule has 272 valence electrons. The fourth-order valence-electron chi connectivity index (χ4n) is 8.72. The van der Waals surface area contributed by atoms with Crippen LogP contribution in [0, 0.1) is 0 Å². The van der Waals surface area contributed by atoms with Crippen LogP contribution in [0.2, 0.25) is 0 Å². The number of fused-ring (bicyclic) bond motifs is 22. The van der Waals surface area contributed by atoms with Crippen LogP contribution in [0.15, 0.2) is 171 Å². The van der Waals surface area contributed by atoms with Gasteiger partial charge in [0.2, 0.25) is 0 Å². The molecule has 14 rings (SSSR count). The van der Waals surface area contributed by atoms with Gasteiger partial charge in [-0.2, -0.15) is 0 Å². The molecule has 0 amide bonds. The van der Waals surface area contributed by atoms with Crippen molar-refractivity contribution in [3.8, 4) is 0 Å². The Morgan fingerprint density at radius 1 is 0.263 bits per heavy atom. The molecule has 6 aromatic heterocycles. The van der Waals surface area contributed by atoms with Crippen molar-refractivity contribution in [2.45, 2.75) is 0 Å². The predicted octanol–water partition coefficient (Wildman–Crippen LogP) is 17.2. The van der Waals surface area contributed by atoms with E-state index in [1.54, 1.807) is 0 Å². The van der Waals surface area contributed by atoms with Gasteiger partial charge in [-0.1, -0.05) is 72.8 Å². The molecule has 8 aromatic carbocycles. The molecule has 6 nitrogen and oxygen atoms in total. The topological polar surface area (TPSA) is 78.8 Å². The van der Waals surface area contributed by atoms with Gasteiger partial charge in [0.15, 0.2) is 0 Å². The van der Waals surface area contributed by atoms with Crippen molar-refractivity contribution in [3.63, 3.8) is 0 Å². The molecular formula is C48H23Br3O6. The molecule has 0 N–H and O–H groups in total. The number of benzene rings is 8. The van der Waals surface area contributed by atoms with E-state index in [4.69, 9.17) is 26.5 Å². The first-order chi connectivity index (χ1) is 28.2. The number of furan rings is 6. The third-order valence-corrected chi connectivity index (χ3v) is 11.6. The summed E-state index contributed by atoms with van der Waals surface area (Å²) in [6.07, 6.45) is 0. The zero-order valence-electron chi connectivity index (χ0n) is 29.4. The van der Waals surface area contributed by atoms with E-state index in [9.17, 15) is 0 Å². The highest BCUT2D eigenvalue weighted by atomic mass is 80.9. The minimum Gasteiger partial charge on any atom is -0.456 e. The van der Waals surface area contributed by atoms with Crippen molar-refractivity contribution in [2.24, 2.45) is 0 Å². The molecule has 0 radical (unpaired) electrons. The minimum absolute atomic E-state index is 0.811. The molecule has 0 aliphatic rings. The number of rotatable bonds is 0. The van der Waals surface area contributed by atoms with Crippen LogP contribution in [0.25, 0.3) is 132 Å². The van der Waals surface area contributed by atoms with E-state index in [2.05, 4.69) is 80.6 Å². The Morgan fingerprint density at radius 2 is 0.632 bits per heavy atom. The highest BCUT2D eigenvalue weighted by Gasteiger charge is 2.23. The molecule has 57 heavy (non-hydrogen) atoms. The van der Waals surface area contributed by atoms with E-state index in [1.165, 1.54) is 0 Å². The zero-order chi connectivity index (χ0) is 37.9. The maximum Gasteiger partial charge on any atom is 0.150 e. The van der Waals surface area contributed by atoms with Crippen molar-refractivity contribution in [1.29, 1.82) is 0 Å². The first-order valence-corrected chi connectivity index (χ1v) is 22.7. The summed E-state index contributed by atoms with van der Waals surface area (Å²) < 4.78 is 38.1. The van der Waals surface area contributed by atoms with Gasteiger partial charge in [-0.15, -0.1) is 0 Å². The molecule has 0 atom stereocenters. The number of halogens is 3. The lowest BCUT2D eigenvalue weighted by Crippen LogP contribution is -1.74. The van der Waals surface area contributed by atoms with E-state index >= 15 is 0 Å². The van der Waals surface area contributed by atoms with Gasteiger partial charge in [-0.3, -0.25) is 0 Å². The zero-order valence-corrected chi connectivity index (χ0v) is 34.1. The normalized spacial score (nSPS) is 12.1. The molecule has 6 heterocycles. The van der Waals surface area contributed by atoms with Crippen molar-refractivity contribution >= 4 is 176 Å². The summed E-state index contributed by atoms with van der Waals surface area (Å²) in [6.45, 7) is 0. The fraction of sp³-hybridized carbons (Fsp3) is 0. The molecule has 0 aliphatic heterocycles. The first-order valence-electron chi connectivity index (χ1n) is 18.2. The van der Waals surface area contributed by atoms with Gasteiger partial charge in [-0.05, 0) is 82.7 Å². The Hall–Kier alpha value is -6.00. The molecule has 0 aliphatic carbocycles. The summed E-state index contributed by atoms with van der Waals surface area (Å²) in [5.41, 5.74) is 10.2. The van der Waals surface area contributed by atoms with Gasteiger partial charge in [0.25, 0.3) is 0 Å². The molecule has 0 saturated heterocycles. The molecule has 14 aromatic rings. The lowest BCUT2D eigenvalue weighted by molar-refractivity contribution is 0.659. The fourth-order valence-corrected chi connectivity index (χ4v) is 9.21. The van der Waals surface area contributed by atoms with Gasteiger partial charge >= 0.3 is 0 Å². The van der Waals surface area contributed by atoms with E-state index in [-0.39, 0.29) is 0 Å². The van der Waals surface area contributed by atoms with Crippen molar-refractivity contribution < 1.29 is 26.5 Å². The maximum atomic E-state index is 6.30. The van der Waals surface area contributed by atoms with Crippen LogP contribution in [0.1, 0.15) is 0 Å². The molecule has 0 bridgehead atoms. The predicted molar refractivity (Wildman–Crippen MR) is 242 cm³/mol. The number of hydrogen-bond donors (Lipinski definition) is 0. The third-order valence-electron chi connectivity index (χ3n) is 11.0. The Morgan fingerprint density at radius 3 is 1.21 bits per heavy atom. The van der Waals surface area contributed by atoms with Crippen LogP contribution >= 0.6 is 44.2 Å². The summed E-state index contributed by atoms with van der Waals surface area (Å²) in [6, 6.07) is 46.6. The summed E-state index contributed by atoms with van der Waals surface area (Å²) >= 11 is 9.15. The maximum absolute atomic E-state index is 6.30. The number of para-hydroxylation sites is 4. The van der Waals surface area contributed by atoms with Crippen LogP contribution in [-0.4, -0.2) is 0 Å². The Bertz CT molecular complexity index is 3930. The molecule has 0 saturated carbocycles. The summed E-state index contributed by atoms with van der Waals surface area (Å²) in [7, 11) is 0. The first kappa shape index (κ1) is 33.2. The van der Waals surface area contributed by atoms with Crippen molar-refractivity contribution in [3.05, 3.63) is 144 Å². The van der Waals surface area contributed by atoms with Gasteiger partial charge in [0, 0.05) is 82.1 Å². The second-order valence-electron chi connectivity index (χ2n) is 14.0. The average molecular weight is 935 g/mol. The summed E-state index contributed by atoms with van der Waals surface area (Å²) in [4.78, 5) is 0. The smallest absolute Gasteiger partial charge is 0.150 e. The van der Waals surface area contributed by atoms with Crippen LogP contribution in [-0.2, 0) is 0 Å². The van der Waals surface area contributed by atoms with Crippen molar-refractivity contribution in [2.75, 3.05) is 0 Å². The highest BCUT2D eigenvalue weighted by molar-refractivity contribution is 9.93.